The lowest BCUT2D eigenvalue weighted by molar-refractivity contribution is -0.138. The summed E-state index contributed by atoms with van der Waals surface area (Å²) in [6.45, 7) is 1.54. The van der Waals surface area contributed by atoms with Gasteiger partial charge in [0.2, 0.25) is 5.91 Å². The van der Waals surface area contributed by atoms with Crippen LogP contribution in [0.2, 0.25) is 5.02 Å². The van der Waals surface area contributed by atoms with Crippen molar-refractivity contribution in [1.29, 1.82) is 0 Å². The Hall–Kier alpha value is -2.93. The first-order valence-corrected chi connectivity index (χ1v) is 8.15. The van der Waals surface area contributed by atoms with Gasteiger partial charge in [0, 0.05) is 10.6 Å². The summed E-state index contributed by atoms with van der Waals surface area (Å²) in [5, 5.41) is 3.25. The number of hydrogen-bond acceptors (Lipinski definition) is 3. The Kier molecular flexibility index (Phi) is 4.65. The number of urea groups is 1. The molecule has 1 aliphatic rings. The minimum absolute atomic E-state index is 0.00968. The molecule has 2 N–H and O–H groups in total. The highest BCUT2D eigenvalue weighted by Gasteiger charge is 2.49. The molecule has 1 aliphatic heterocycles. The second-order valence-electron chi connectivity index (χ2n) is 5.97. The molecule has 26 heavy (non-hydrogen) atoms. The maximum Gasteiger partial charge on any atom is 0.344 e. The number of carbonyl (C=O) groups excluding carboxylic acids is 3. The van der Waals surface area contributed by atoms with Gasteiger partial charge in [0.05, 0.1) is 6.42 Å². The van der Waals surface area contributed by atoms with Crippen molar-refractivity contribution in [2.24, 2.45) is 0 Å². The lowest BCUT2D eigenvalue weighted by atomic mass is 9.92. The van der Waals surface area contributed by atoms with Crippen molar-refractivity contribution in [3.63, 3.8) is 0 Å². The van der Waals surface area contributed by atoms with E-state index in [1.165, 1.54) is 18.2 Å². The van der Waals surface area contributed by atoms with Crippen molar-refractivity contribution in [1.82, 2.24) is 15.8 Å². The molecule has 0 aliphatic carbocycles. The quantitative estimate of drug-likeness (QED) is 0.806. The van der Waals surface area contributed by atoms with Gasteiger partial charge in [-0.25, -0.2) is 9.18 Å². The third kappa shape index (κ3) is 3.13. The number of amides is 4. The van der Waals surface area contributed by atoms with Crippen LogP contribution in [-0.4, -0.2) is 22.9 Å². The minimum atomic E-state index is -1.30. The number of benzene rings is 2. The molecule has 8 heteroatoms. The molecule has 134 valence electrons. The maximum atomic E-state index is 13.8. The summed E-state index contributed by atoms with van der Waals surface area (Å²) < 4.78 is 13.8. The number of nitrogens with one attached hydrogen (secondary N) is 2. The lowest BCUT2D eigenvalue weighted by Crippen LogP contribution is -2.48. The number of hydrazine groups is 1. The Morgan fingerprint density at radius 2 is 1.88 bits per heavy atom. The standard InChI is InChI=1S/C18H15ClFN3O3/c1-18(11-6-3-2-4-7-11)16(25)23(17(26)21-18)22-15(24)10-12-13(19)8-5-9-14(12)20/h2-9H,10H2,1H3,(H,21,26)(H,22,24)/t18-/m1/s1. The van der Waals surface area contributed by atoms with E-state index in [1.54, 1.807) is 37.3 Å². The number of hydrogen-bond donors (Lipinski definition) is 2. The molecule has 0 bridgehead atoms. The summed E-state index contributed by atoms with van der Waals surface area (Å²) in [5.74, 6) is -2.02. The molecule has 0 spiro atoms. The second-order valence-corrected chi connectivity index (χ2v) is 6.38. The third-order valence-electron chi connectivity index (χ3n) is 4.18. The van der Waals surface area contributed by atoms with Crippen molar-refractivity contribution in [3.05, 3.63) is 70.5 Å². The molecule has 0 unspecified atom stereocenters. The van der Waals surface area contributed by atoms with Gasteiger partial charge < -0.3 is 5.32 Å². The third-order valence-corrected chi connectivity index (χ3v) is 4.53. The topological polar surface area (TPSA) is 78.5 Å². The van der Waals surface area contributed by atoms with Gasteiger partial charge in [0.1, 0.15) is 11.4 Å². The smallest absolute Gasteiger partial charge is 0.318 e. The van der Waals surface area contributed by atoms with Crippen molar-refractivity contribution in [3.8, 4) is 0 Å². The molecular formula is C18H15ClFN3O3. The van der Waals surface area contributed by atoms with Gasteiger partial charge in [-0.05, 0) is 24.6 Å². The molecule has 6 nitrogen and oxygen atoms in total. The first-order chi connectivity index (χ1) is 12.3. The maximum absolute atomic E-state index is 13.8. The highest BCUT2D eigenvalue weighted by Crippen LogP contribution is 2.27. The van der Waals surface area contributed by atoms with E-state index < -0.39 is 35.6 Å². The zero-order valence-electron chi connectivity index (χ0n) is 13.8. The molecular weight excluding hydrogens is 361 g/mol. The van der Waals surface area contributed by atoms with Crippen LogP contribution in [0.1, 0.15) is 18.1 Å². The first-order valence-electron chi connectivity index (χ1n) is 7.77. The molecule has 1 fully saturated rings. The molecule has 1 heterocycles. The number of imide groups is 1. The van der Waals surface area contributed by atoms with Gasteiger partial charge in [0.15, 0.2) is 0 Å². The SMILES string of the molecule is C[C@]1(c2ccccc2)NC(=O)N(NC(=O)Cc2c(F)cccc2Cl)C1=O. The van der Waals surface area contributed by atoms with Gasteiger partial charge >= 0.3 is 6.03 Å². The number of nitrogens with zero attached hydrogens (tertiary/aromatic N) is 1. The van der Waals surface area contributed by atoms with Gasteiger partial charge in [0.25, 0.3) is 5.91 Å². The van der Waals surface area contributed by atoms with Crippen LogP contribution in [0.15, 0.2) is 48.5 Å². The largest absolute Gasteiger partial charge is 0.344 e. The van der Waals surface area contributed by atoms with E-state index in [9.17, 15) is 18.8 Å². The van der Waals surface area contributed by atoms with Gasteiger partial charge in [-0.2, -0.15) is 5.01 Å². The predicted octanol–water partition coefficient (Wildman–Crippen LogP) is 2.52. The zero-order valence-corrected chi connectivity index (χ0v) is 14.5. The molecule has 1 atom stereocenters. The first kappa shape index (κ1) is 17.9. The summed E-state index contributed by atoms with van der Waals surface area (Å²) in [6, 6.07) is 11.9. The van der Waals surface area contributed by atoms with Crippen molar-refractivity contribution < 1.29 is 18.8 Å². The van der Waals surface area contributed by atoms with E-state index in [2.05, 4.69) is 10.7 Å². The van der Waals surface area contributed by atoms with Crippen molar-refractivity contribution in [2.75, 3.05) is 0 Å². The molecule has 2 aromatic rings. The summed E-state index contributed by atoms with van der Waals surface area (Å²) >= 11 is 5.89. The molecule has 3 rings (SSSR count). The van der Waals surface area contributed by atoms with Crippen LogP contribution in [0.25, 0.3) is 0 Å². The van der Waals surface area contributed by atoms with Crippen molar-refractivity contribution >= 4 is 29.4 Å². The highest BCUT2D eigenvalue weighted by molar-refractivity contribution is 6.31. The summed E-state index contributed by atoms with van der Waals surface area (Å²) in [6.07, 6.45) is -0.412. The summed E-state index contributed by atoms with van der Waals surface area (Å²) in [4.78, 5) is 37.1. The van der Waals surface area contributed by atoms with E-state index in [1.807, 2.05) is 0 Å². The van der Waals surface area contributed by atoms with E-state index in [0.29, 0.717) is 10.6 Å². The van der Waals surface area contributed by atoms with Crippen LogP contribution in [0.5, 0.6) is 0 Å². The molecule has 1 saturated heterocycles. The number of rotatable bonds is 4. The fraction of sp³-hybridized carbons (Fsp3) is 0.167. The summed E-state index contributed by atoms with van der Waals surface area (Å²) in [7, 11) is 0. The number of carbonyl (C=O) groups is 3. The lowest BCUT2D eigenvalue weighted by Gasteiger charge is -2.22. The van der Waals surface area contributed by atoms with Crippen LogP contribution in [0, 0.1) is 5.82 Å². The monoisotopic (exact) mass is 375 g/mol. The predicted molar refractivity (Wildman–Crippen MR) is 92.4 cm³/mol. The Bertz CT molecular complexity index is 870. The Morgan fingerprint density at radius 1 is 1.19 bits per heavy atom. The average Bonchev–Trinajstić information content (AvgIpc) is 2.83. The zero-order chi connectivity index (χ0) is 18.9. The van der Waals surface area contributed by atoms with E-state index in [0.717, 1.165) is 0 Å². The van der Waals surface area contributed by atoms with Gasteiger partial charge in [-0.15, -0.1) is 0 Å². The van der Waals surface area contributed by atoms with Gasteiger partial charge in [-0.3, -0.25) is 15.0 Å². The molecule has 2 aromatic carbocycles. The van der Waals surface area contributed by atoms with Crippen LogP contribution in [-0.2, 0) is 21.5 Å². The fourth-order valence-corrected chi connectivity index (χ4v) is 2.96. The van der Waals surface area contributed by atoms with Crippen LogP contribution >= 0.6 is 11.6 Å². The second kappa shape index (κ2) is 6.76. The average molecular weight is 376 g/mol. The summed E-state index contributed by atoms with van der Waals surface area (Å²) in [5.41, 5.74) is 1.48. The van der Waals surface area contributed by atoms with Crippen LogP contribution in [0.4, 0.5) is 9.18 Å². The van der Waals surface area contributed by atoms with E-state index >= 15 is 0 Å². The van der Waals surface area contributed by atoms with E-state index in [-0.39, 0.29) is 10.6 Å². The normalized spacial score (nSPS) is 19.4. The Morgan fingerprint density at radius 3 is 2.54 bits per heavy atom. The highest BCUT2D eigenvalue weighted by atomic mass is 35.5. The Balaban J connectivity index is 1.77. The van der Waals surface area contributed by atoms with Crippen LogP contribution < -0.4 is 10.7 Å². The molecule has 0 radical (unpaired) electrons. The molecule has 0 aromatic heterocycles. The number of halogens is 2. The van der Waals surface area contributed by atoms with Crippen LogP contribution in [0.3, 0.4) is 0 Å². The van der Waals surface area contributed by atoms with Gasteiger partial charge in [-0.1, -0.05) is 48.0 Å². The molecule has 4 amide bonds. The fourth-order valence-electron chi connectivity index (χ4n) is 2.73. The molecule has 0 saturated carbocycles. The minimum Gasteiger partial charge on any atom is -0.318 e. The Labute approximate surface area is 153 Å². The van der Waals surface area contributed by atoms with Crippen molar-refractivity contribution in [2.45, 2.75) is 18.9 Å². The van der Waals surface area contributed by atoms with E-state index in [4.69, 9.17) is 11.6 Å².